The fraction of sp³-hybridized carbons (Fsp3) is 0.579. The molecule has 1 aromatic rings. The monoisotopic (exact) mass is 331 g/mol. The van der Waals surface area contributed by atoms with Crippen LogP contribution >= 0.6 is 0 Å². The number of amides is 2. The van der Waals surface area contributed by atoms with E-state index in [0.29, 0.717) is 6.54 Å². The third-order valence-corrected chi connectivity index (χ3v) is 4.34. The second-order valence-corrected chi connectivity index (χ2v) is 6.74. The number of hydrogen-bond donors (Lipinski definition) is 2. The smallest absolute Gasteiger partial charge is 0.234 e. The Morgan fingerprint density at radius 1 is 1.21 bits per heavy atom. The average molecular weight is 331 g/mol. The summed E-state index contributed by atoms with van der Waals surface area (Å²) in [5.74, 6) is -0.0569. The highest BCUT2D eigenvalue weighted by Gasteiger charge is 2.22. The molecule has 1 aromatic carbocycles. The summed E-state index contributed by atoms with van der Waals surface area (Å²) in [5.41, 5.74) is 2.57. The van der Waals surface area contributed by atoms with Crippen molar-refractivity contribution in [2.24, 2.45) is 0 Å². The van der Waals surface area contributed by atoms with Gasteiger partial charge in [0.1, 0.15) is 0 Å². The topological polar surface area (TPSA) is 61.4 Å². The van der Waals surface area contributed by atoms with Crippen molar-refractivity contribution in [3.05, 3.63) is 35.4 Å². The van der Waals surface area contributed by atoms with E-state index in [1.165, 1.54) is 11.1 Å². The maximum Gasteiger partial charge on any atom is 0.234 e. The molecule has 0 bridgehead atoms. The van der Waals surface area contributed by atoms with Gasteiger partial charge in [-0.2, -0.15) is 0 Å². The van der Waals surface area contributed by atoms with E-state index < -0.39 is 0 Å². The minimum Gasteiger partial charge on any atom is -0.353 e. The van der Waals surface area contributed by atoms with Crippen molar-refractivity contribution in [2.75, 3.05) is 19.6 Å². The Balaban J connectivity index is 1.89. The van der Waals surface area contributed by atoms with Crippen LogP contribution in [-0.2, 0) is 16.0 Å². The van der Waals surface area contributed by atoms with Crippen molar-refractivity contribution < 1.29 is 9.59 Å². The zero-order chi connectivity index (χ0) is 17.5. The summed E-state index contributed by atoms with van der Waals surface area (Å²) in [5, 5.41) is 6.00. The molecule has 1 atom stereocenters. The van der Waals surface area contributed by atoms with Crippen molar-refractivity contribution in [3.8, 4) is 0 Å². The predicted molar refractivity (Wildman–Crippen MR) is 95.7 cm³/mol. The van der Waals surface area contributed by atoms with Gasteiger partial charge in [-0.05, 0) is 50.8 Å². The molecule has 0 heterocycles. The molecule has 2 amide bonds. The van der Waals surface area contributed by atoms with Crippen LogP contribution in [0.1, 0.15) is 50.8 Å². The summed E-state index contributed by atoms with van der Waals surface area (Å²) in [4.78, 5) is 26.1. The number of fused-ring (bicyclic) bond motifs is 1. The molecule has 1 aliphatic rings. The highest BCUT2D eigenvalue weighted by molar-refractivity contribution is 5.81. The first kappa shape index (κ1) is 18.5. The van der Waals surface area contributed by atoms with Gasteiger partial charge in [-0.1, -0.05) is 31.2 Å². The number of nitrogens with one attached hydrogen (secondary N) is 2. The van der Waals surface area contributed by atoms with Gasteiger partial charge in [-0.25, -0.2) is 0 Å². The highest BCUT2D eigenvalue weighted by Crippen LogP contribution is 2.29. The fourth-order valence-corrected chi connectivity index (χ4v) is 3.20. The summed E-state index contributed by atoms with van der Waals surface area (Å²) in [6, 6.07) is 8.53. The number of carbonyl (C=O) groups excluding carboxylic acids is 2. The van der Waals surface area contributed by atoms with Gasteiger partial charge in [0.05, 0.1) is 19.1 Å². The number of carbonyl (C=O) groups is 2. The standard InChI is InChI=1S/C19H29N3O2/c1-4-22(12-18(23)20-14(2)3)13-19(24)21-17-11-7-9-15-8-5-6-10-16(15)17/h5-6,8,10,14,17H,4,7,9,11-13H2,1-3H3,(H,20,23)(H,21,24)/t17-/m0/s1. The Morgan fingerprint density at radius 2 is 1.92 bits per heavy atom. The molecule has 24 heavy (non-hydrogen) atoms. The minimum atomic E-state index is -0.0392. The minimum absolute atomic E-state index is 0.0177. The van der Waals surface area contributed by atoms with Gasteiger partial charge >= 0.3 is 0 Å². The maximum absolute atomic E-state index is 12.4. The van der Waals surface area contributed by atoms with Crippen LogP contribution in [-0.4, -0.2) is 42.4 Å². The van der Waals surface area contributed by atoms with E-state index in [1.807, 2.05) is 31.7 Å². The molecule has 0 radical (unpaired) electrons. The zero-order valence-corrected chi connectivity index (χ0v) is 15.0. The second-order valence-electron chi connectivity index (χ2n) is 6.74. The molecule has 132 valence electrons. The predicted octanol–water partition coefficient (Wildman–Crippen LogP) is 2.03. The van der Waals surface area contributed by atoms with E-state index in [0.717, 1.165) is 19.3 Å². The Labute approximate surface area is 144 Å². The third-order valence-electron chi connectivity index (χ3n) is 4.34. The van der Waals surface area contributed by atoms with Crippen LogP contribution in [0.2, 0.25) is 0 Å². The number of nitrogens with zero attached hydrogens (tertiary/aromatic N) is 1. The van der Waals surface area contributed by atoms with Crippen LogP contribution in [0.5, 0.6) is 0 Å². The molecule has 0 fully saturated rings. The summed E-state index contributed by atoms with van der Waals surface area (Å²) >= 11 is 0. The molecule has 0 unspecified atom stereocenters. The largest absolute Gasteiger partial charge is 0.353 e. The number of rotatable bonds is 7. The Bertz CT molecular complexity index is 571. The quantitative estimate of drug-likeness (QED) is 0.804. The lowest BCUT2D eigenvalue weighted by molar-refractivity contribution is -0.125. The van der Waals surface area contributed by atoms with E-state index >= 15 is 0 Å². The molecule has 1 aliphatic carbocycles. The number of aryl methyl sites for hydroxylation is 1. The Morgan fingerprint density at radius 3 is 2.62 bits per heavy atom. The van der Waals surface area contributed by atoms with Crippen LogP contribution in [0.4, 0.5) is 0 Å². The molecule has 0 aliphatic heterocycles. The fourth-order valence-electron chi connectivity index (χ4n) is 3.20. The molecule has 0 saturated heterocycles. The van der Waals surface area contributed by atoms with E-state index in [-0.39, 0.29) is 37.0 Å². The number of likely N-dealkylation sites (N-methyl/N-ethyl adjacent to an activating group) is 1. The van der Waals surface area contributed by atoms with Gasteiger partial charge in [-0.3, -0.25) is 14.5 Å². The van der Waals surface area contributed by atoms with E-state index in [1.54, 1.807) is 0 Å². The molecular formula is C19H29N3O2. The van der Waals surface area contributed by atoms with Crippen molar-refractivity contribution >= 4 is 11.8 Å². The van der Waals surface area contributed by atoms with E-state index in [9.17, 15) is 9.59 Å². The van der Waals surface area contributed by atoms with Crippen LogP contribution < -0.4 is 10.6 Å². The number of benzene rings is 1. The van der Waals surface area contributed by atoms with Gasteiger partial charge in [0, 0.05) is 6.04 Å². The van der Waals surface area contributed by atoms with Gasteiger partial charge in [0.15, 0.2) is 0 Å². The van der Waals surface area contributed by atoms with Gasteiger partial charge in [0.2, 0.25) is 11.8 Å². The van der Waals surface area contributed by atoms with Crippen LogP contribution in [0.15, 0.2) is 24.3 Å². The molecule has 0 spiro atoms. The number of hydrogen-bond acceptors (Lipinski definition) is 3. The SMILES string of the molecule is CCN(CC(=O)NC(C)C)CC(=O)N[C@H]1CCCc2ccccc21. The second kappa shape index (κ2) is 8.83. The Hall–Kier alpha value is -1.88. The normalized spacial score (nSPS) is 16.8. The summed E-state index contributed by atoms with van der Waals surface area (Å²) < 4.78 is 0. The van der Waals surface area contributed by atoms with Crippen molar-refractivity contribution in [2.45, 2.75) is 52.1 Å². The first-order chi connectivity index (χ1) is 11.5. The van der Waals surface area contributed by atoms with E-state index in [4.69, 9.17) is 0 Å². The van der Waals surface area contributed by atoms with Crippen molar-refractivity contribution in [1.29, 1.82) is 0 Å². The van der Waals surface area contributed by atoms with E-state index in [2.05, 4.69) is 28.8 Å². The van der Waals surface area contributed by atoms with Gasteiger partial charge < -0.3 is 10.6 Å². The molecule has 0 aromatic heterocycles. The molecule has 2 N–H and O–H groups in total. The first-order valence-corrected chi connectivity index (χ1v) is 8.88. The lowest BCUT2D eigenvalue weighted by Gasteiger charge is -2.27. The average Bonchev–Trinajstić information content (AvgIpc) is 2.53. The summed E-state index contributed by atoms with van der Waals surface area (Å²) in [6.45, 7) is 7.00. The lowest BCUT2D eigenvalue weighted by Crippen LogP contribution is -2.45. The van der Waals surface area contributed by atoms with Gasteiger partial charge in [-0.15, -0.1) is 0 Å². The molecule has 2 rings (SSSR count). The molecule has 5 nitrogen and oxygen atoms in total. The summed E-state index contributed by atoms with van der Waals surface area (Å²) in [6.07, 6.45) is 3.15. The summed E-state index contributed by atoms with van der Waals surface area (Å²) in [7, 11) is 0. The van der Waals surface area contributed by atoms with Crippen molar-refractivity contribution in [3.63, 3.8) is 0 Å². The highest BCUT2D eigenvalue weighted by atomic mass is 16.2. The lowest BCUT2D eigenvalue weighted by atomic mass is 9.88. The van der Waals surface area contributed by atoms with Crippen LogP contribution in [0.25, 0.3) is 0 Å². The van der Waals surface area contributed by atoms with Crippen LogP contribution in [0, 0.1) is 0 Å². The van der Waals surface area contributed by atoms with Gasteiger partial charge in [0.25, 0.3) is 0 Å². The van der Waals surface area contributed by atoms with Crippen LogP contribution in [0.3, 0.4) is 0 Å². The Kier molecular flexibility index (Phi) is 6.79. The first-order valence-electron chi connectivity index (χ1n) is 8.88. The zero-order valence-electron chi connectivity index (χ0n) is 15.0. The molecule has 0 saturated carbocycles. The molecular weight excluding hydrogens is 302 g/mol. The maximum atomic E-state index is 12.4. The van der Waals surface area contributed by atoms with Crippen molar-refractivity contribution in [1.82, 2.24) is 15.5 Å². The molecule has 5 heteroatoms. The third kappa shape index (κ3) is 5.34.